The summed E-state index contributed by atoms with van der Waals surface area (Å²) in [5.74, 6) is 0.0216. The molecule has 17 heavy (non-hydrogen) atoms. The number of anilines is 1. The van der Waals surface area contributed by atoms with Gasteiger partial charge in [0, 0.05) is 10.7 Å². The molecule has 1 aliphatic heterocycles. The Morgan fingerprint density at radius 2 is 2.24 bits per heavy atom. The highest BCUT2D eigenvalue weighted by molar-refractivity contribution is 6.31. The maximum Gasteiger partial charge on any atom is 0.253 e. The minimum atomic E-state index is 0.0216. The van der Waals surface area contributed by atoms with E-state index in [1.54, 1.807) is 6.07 Å². The normalized spacial score (nSPS) is 15.4. The lowest BCUT2D eigenvalue weighted by molar-refractivity contribution is -0.116. The second-order valence-electron chi connectivity index (χ2n) is 4.23. The molecule has 0 radical (unpaired) electrons. The molecule has 90 valence electrons. The molecule has 0 unspecified atom stereocenters. The summed E-state index contributed by atoms with van der Waals surface area (Å²) >= 11 is 6.05. The molecular weight excluding hydrogens is 236 g/mol. The lowest BCUT2D eigenvalue weighted by Crippen LogP contribution is -2.19. The van der Waals surface area contributed by atoms with E-state index < -0.39 is 0 Å². The van der Waals surface area contributed by atoms with Crippen LogP contribution in [0.2, 0.25) is 5.02 Å². The van der Waals surface area contributed by atoms with Crippen molar-refractivity contribution in [3.63, 3.8) is 0 Å². The number of halogens is 1. The van der Waals surface area contributed by atoms with Gasteiger partial charge in [0.1, 0.15) is 0 Å². The minimum Gasteiger partial charge on any atom is -0.272 e. The summed E-state index contributed by atoms with van der Waals surface area (Å²) < 4.78 is 0. The van der Waals surface area contributed by atoms with Crippen LogP contribution in [0.5, 0.6) is 0 Å². The minimum absolute atomic E-state index is 0.0216. The third-order valence-electron chi connectivity index (χ3n) is 2.77. The average Bonchev–Trinajstić information content (AvgIpc) is 2.64. The summed E-state index contributed by atoms with van der Waals surface area (Å²) in [6.45, 7) is 4.02. The smallest absolute Gasteiger partial charge is 0.253 e. The van der Waals surface area contributed by atoms with Gasteiger partial charge >= 0.3 is 0 Å². The number of carbonyl (C=O) groups excluding carboxylic acids is 1. The summed E-state index contributed by atoms with van der Waals surface area (Å²) in [5, 5.41) is 6.46. The number of carbonyl (C=O) groups is 1. The van der Waals surface area contributed by atoms with Crippen molar-refractivity contribution in [3.05, 3.63) is 28.8 Å². The zero-order valence-electron chi connectivity index (χ0n) is 10.0. The molecule has 3 nitrogen and oxygen atoms in total. The second-order valence-corrected chi connectivity index (χ2v) is 4.64. The Balaban J connectivity index is 2.27. The molecule has 0 fully saturated rings. The lowest BCUT2D eigenvalue weighted by Gasteiger charge is -2.12. The lowest BCUT2D eigenvalue weighted by atomic mass is 10.2. The maximum atomic E-state index is 11.8. The van der Waals surface area contributed by atoms with Crippen LogP contribution < -0.4 is 5.01 Å². The van der Waals surface area contributed by atoms with E-state index in [-0.39, 0.29) is 5.91 Å². The number of nitrogens with zero attached hydrogens (tertiary/aromatic N) is 2. The molecule has 0 saturated carbocycles. The highest BCUT2D eigenvalue weighted by Crippen LogP contribution is 2.26. The van der Waals surface area contributed by atoms with Gasteiger partial charge in [0.05, 0.1) is 12.1 Å². The van der Waals surface area contributed by atoms with Crippen LogP contribution in [-0.4, -0.2) is 11.6 Å². The number of hydrogen-bond donors (Lipinski definition) is 0. The standard InChI is InChI=1S/C13H15ClN2O/c1-3-4-10-7-13(17)16(15-10)11-6-5-9(2)12(14)8-11/h5-6,8H,3-4,7H2,1-2H3. The number of rotatable bonds is 3. The van der Waals surface area contributed by atoms with Gasteiger partial charge in [0.15, 0.2) is 0 Å². The predicted octanol–water partition coefficient (Wildman–Crippen LogP) is 3.54. The van der Waals surface area contributed by atoms with Crippen LogP contribution in [0, 0.1) is 6.92 Å². The van der Waals surface area contributed by atoms with E-state index in [0.717, 1.165) is 29.8 Å². The monoisotopic (exact) mass is 250 g/mol. The molecule has 0 N–H and O–H groups in total. The molecule has 1 aliphatic rings. The molecule has 0 aromatic heterocycles. The van der Waals surface area contributed by atoms with Crippen molar-refractivity contribution in [2.45, 2.75) is 33.1 Å². The number of amides is 1. The third-order valence-corrected chi connectivity index (χ3v) is 3.18. The SMILES string of the molecule is CCCC1=NN(c2ccc(C)c(Cl)c2)C(=O)C1. The fourth-order valence-corrected chi connectivity index (χ4v) is 2.00. The van der Waals surface area contributed by atoms with Crippen LogP contribution in [0.4, 0.5) is 5.69 Å². The summed E-state index contributed by atoms with van der Waals surface area (Å²) in [5.41, 5.74) is 2.70. The van der Waals surface area contributed by atoms with Crippen molar-refractivity contribution in [2.24, 2.45) is 5.10 Å². The molecule has 2 rings (SSSR count). The molecular formula is C13H15ClN2O. The molecule has 0 atom stereocenters. The fourth-order valence-electron chi connectivity index (χ4n) is 1.82. The molecule has 0 aliphatic carbocycles. The maximum absolute atomic E-state index is 11.8. The van der Waals surface area contributed by atoms with E-state index in [9.17, 15) is 4.79 Å². The first-order valence-corrected chi connectivity index (χ1v) is 6.15. The van der Waals surface area contributed by atoms with Crippen LogP contribution in [0.25, 0.3) is 0 Å². The first-order valence-electron chi connectivity index (χ1n) is 5.77. The third kappa shape index (κ3) is 2.50. The molecule has 1 amide bonds. The number of benzene rings is 1. The molecule has 1 aromatic rings. The van der Waals surface area contributed by atoms with E-state index in [2.05, 4.69) is 12.0 Å². The Hall–Kier alpha value is -1.35. The molecule has 4 heteroatoms. The van der Waals surface area contributed by atoms with Gasteiger partial charge in [-0.2, -0.15) is 5.10 Å². The molecule has 1 heterocycles. The largest absolute Gasteiger partial charge is 0.272 e. The Morgan fingerprint density at radius 1 is 1.47 bits per heavy atom. The van der Waals surface area contributed by atoms with Crippen LogP contribution in [0.1, 0.15) is 31.7 Å². The Morgan fingerprint density at radius 3 is 2.88 bits per heavy atom. The zero-order valence-corrected chi connectivity index (χ0v) is 10.8. The van der Waals surface area contributed by atoms with Gasteiger partial charge in [-0.15, -0.1) is 0 Å². The van der Waals surface area contributed by atoms with Gasteiger partial charge in [-0.05, 0) is 31.0 Å². The van der Waals surface area contributed by atoms with Crippen LogP contribution in [0.15, 0.2) is 23.3 Å². The number of hydrazone groups is 1. The van der Waals surface area contributed by atoms with Gasteiger partial charge < -0.3 is 0 Å². The number of hydrogen-bond acceptors (Lipinski definition) is 2. The van der Waals surface area contributed by atoms with E-state index in [1.807, 2.05) is 19.1 Å². The molecule has 0 spiro atoms. The van der Waals surface area contributed by atoms with Gasteiger partial charge in [0.25, 0.3) is 5.91 Å². The molecule has 1 aromatic carbocycles. The summed E-state index contributed by atoms with van der Waals surface area (Å²) in [7, 11) is 0. The summed E-state index contributed by atoms with van der Waals surface area (Å²) in [6.07, 6.45) is 2.32. The van der Waals surface area contributed by atoms with Crippen molar-refractivity contribution >= 4 is 28.9 Å². The Kier molecular flexibility index (Phi) is 3.48. The molecule has 0 saturated heterocycles. The van der Waals surface area contributed by atoms with Gasteiger partial charge in [-0.25, -0.2) is 5.01 Å². The van der Waals surface area contributed by atoms with Gasteiger partial charge in [-0.3, -0.25) is 4.79 Å². The molecule has 0 bridgehead atoms. The zero-order chi connectivity index (χ0) is 12.4. The Labute approximate surface area is 106 Å². The summed E-state index contributed by atoms with van der Waals surface area (Å²) in [4.78, 5) is 11.8. The highest BCUT2D eigenvalue weighted by Gasteiger charge is 2.24. The second kappa shape index (κ2) is 4.88. The van der Waals surface area contributed by atoms with Crippen molar-refractivity contribution in [1.29, 1.82) is 0 Å². The average molecular weight is 251 g/mol. The predicted molar refractivity (Wildman–Crippen MR) is 70.6 cm³/mol. The highest BCUT2D eigenvalue weighted by atomic mass is 35.5. The topological polar surface area (TPSA) is 32.7 Å². The first-order chi connectivity index (χ1) is 8.11. The quantitative estimate of drug-likeness (QED) is 0.808. The van der Waals surface area contributed by atoms with E-state index in [1.165, 1.54) is 5.01 Å². The van der Waals surface area contributed by atoms with E-state index >= 15 is 0 Å². The van der Waals surface area contributed by atoms with Crippen molar-refractivity contribution in [3.8, 4) is 0 Å². The van der Waals surface area contributed by atoms with Crippen LogP contribution in [-0.2, 0) is 4.79 Å². The van der Waals surface area contributed by atoms with Crippen molar-refractivity contribution in [1.82, 2.24) is 0 Å². The van der Waals surface area contributed by atoms with E-state index in [4.69, 9.17) is 11.6 Å². The fraction of sp³-hybridized carbons (Fsp3) is 0.385. The first kappa shape index (κ1) is 12.1. The number of aryl methyl sites for hydroxylation is 1. The van der Waals surface area contributed by atoms with Crippen LogP contribution >= 0.6 is 11.6 Å². The van der Waals surface area contributed by atoms with Crippen molar-refractivity contribution < 1.29 is 4.79 Å². The van der Waals surface area contributed by atoms with Gasteiger partial charge in [-0.1, -0.05) is 31.0 Å². The van der Waals surface area contributed by atoms with E-state index in [0.29, 0.717) is 11.4 Å². The van der Waals surface area contributed by atoms with Crippen molar-refractivity contribution in [2.75, 3.05) is 5.01 Å². The summed E-state index contributed by atoms with van der Waals surface area (Å²) in [6, 6.07) is 5.56. The Bertz CT molecular complexity index is 482. The van der Waals surface area contributed by atoms with Crippen LogP contribution in [0.3, 0.4) is 0 Å². The van der Waals surface area contributed by atoms with Gasteiger partial charge in [0.2, 0.25) is 0 Å².